The maximum Gasteiger partial charge on any atom is 0.409 e. The summed E-state index contributed by atoms with van der Waals surface area (Å²) in [6.07, 6.45) is -2.12. The van der Waals surface area contributed by atoms with Gasteiger partial charge in [0.05, 0.1) is 0 Å². The van der Waals surface area contributed by atoms with E-state index >= 15 is 0 Å². The number of carboxylic acid groups (broad SMARTS) is 1. The molecule has 0 aliphatic heterocycles. The SMILES string of the molecule is O=C(O)Nc1ccccc1.O=C(c1ccccc1)C(O)c1ccccc1. The molecule has 0 heterocycles. The fourth-order valence-electron chi connectivity index (χ4n) is 2.19. The van der Waals surface area contributed by atoms with E-state index < -0.39 is 12.2 Å². The summed E-state index contributed by atoms with van der Waals surface area (Å²) in [7, 11) is 0. The monoisotopic (exact) mass is 349 g/mol. The Hall–Kier alpha value is -3.44. The van der Waals surface area contributed by atoms with E-state index in [1.807, 2.05) is 18.2 Å². The number of ketones is 1. The summed E-state index contributed by atoms with van der Waals surface area (Å²) in [5.74, 6) is -0.271. The Labute approximate surface area is 151 Å². The van der Waals surface area contributed by atoms with Gasteiger partial charge in [0.25, 0.3) is 0 Å². The highest BCUT2D eigenvalue weighted by Crippen LogP contribution is 2.17. The molecule has 0 aliphatic carbocycles. The van der Waals surface area contributed by atoms with Crippen LogP contribution in [0.3, 0.4) is 0 Å². The fourth-order valence-corrected chi connectivity index (χ4v) is 2.19. The molecule has 0 fully saturated rings. The zero-order valence-electron chi connectivity index (χ0n) is 13.9. The summed E-state index contributed by atoms with van der Waals surface area (Å²) in [5.41, 5.74) is 1.74. The molecule has 0 bridgehead atoms. The molecule has 5 heteroatoms. The molecule has 26 heavy (non-hydrogen) atoms. The van der Waals surface area contributed by atoms with Crippen LogP contribution in [0, 0.1) is 0 Å². The van der Waals surface area contributed by atoms with Crippen molar-refractivity contribution in [3.63, 3.8) is 0 Å². The molecule has 0 saturated heterocycles. The summed E-state index contributed by atoms with van der Waals surface area (Å²) >= 11 is 0. The van der Waals surface area contributed by atoms with Crippen LogP contribution in [0.1, 0.15) is 22.0 Å². The van der Waals surface area contributed by atoms with Gasteiger partial charge in [0.2, 0.25) is 0 Å². The molecular weight excluding hydrogens is 330 g/mol. The van der Waals surface area contributed by atoms with E-state index in [2.05, 4.69) is 5.32 Å². The number of aliphatic hydroxyl groups excluding tert-OH is 1. The number of Topliss-reactive ketones (excluding diaryl/α,β-unsaturated/α-hetero) is 1. The number of carbonyl (C=O) groups excluding carboxylic acids is 1. The average Bonchev–Trinajstić information content (AvgIpc) is 2.69. The van der Waals surface area contributed by atoms with Crippen molar-refractivity contribution in [1.82, 2.24) is 0 Å². The van der Waals surface area contributed by atoms with E-state index in [0.717, 1.165) is 0 Å². The van der Waals surface area contributed by atoms with Crippen molar-refractivity contribution < 1.29 is 19.8 Å². The summed E-state index contributed by atoms with van der Waals surface area (Å²) < 4.78 is 0. The Bertz CT molecular complexity index is 820. The molecule has 1 atom stereocenters. The highest BCUT2D eigenvalue weighted by atomic mass is 16.4. The van der Waals surface area contributed by atoms with Crippen LogP contribution in [0.15, 0.2) is 91.0 Å². The second-order valence-corrected chi connectivity index (χ2v) is 5.34. The molecule has 0 saturated carbocycles. The van der Waals surface area contributed by atoms with Gasteiger partial charge in [0, 0.05) is 11.3 Å². The summed E-state index contributed by atoms with van der Waals surface area (Å²) in [4.78, 5) is 22.0. The Morgan fingerprint density at radius 1 is 0.731 bits per heavy atom. The first-order valence-electron chi connectivity index (χ1n) is 7.95. The van der Waals surface area contributed by atoms with Crippen LogP contribution in [-0.4, -0.2) is 22.1 Å². The number of para-hydroxylation sites is 1. The third-order valence-corrected chi connectivity index (χ3v) is 3.45. The average molecular weight is 349 g/mol. The number of rotatable bonds is 4. The summed E-state index contributed by atoms with van der Waals surface area (Å²) in [5, 5.41) is 20.4. The zero-order valence-corrected chi connectivity index (χ0v) is 13.9. The van der Waals surface area contributed by atoms with E-state index in [0.29, 0.717) is 16.8 Å². The van der Waals surface area contributed by atoms with Gasteiger partial charge in [0.1, 0.15) is 6.10 Å². The lowest BCUT2D eigenvalue weighted by Crippen LogP contribution is -2.11. The second kappa shape index (κ2) is 9.76. The van der Waals surface area contributed by atoms with E-state index in [1.165, 1.54) is 0 Å². The third kappa shape index (κ3) is 5.89. The van der Waals surface area contributed by atoms with Crippen molar-refractivity contribution in [2.45, 2.75) is 6.10 Å². The molecule has 0 aromatic heterocycles. The molecular formula is C21H19NO4. The number of anilines is 1. The van der Waals surface area contributed by atoms with E-state index in [-0.39, 0.29) is 5.78 Å². The molecule has 3 aromatic carbocycles. The first-order valence-corrected chi connectivity index (χ1v) is 7.95. The summed E-state index contributed by atoms with van der Waals surface area (Å²) in [6, 6.07) is 26.5. The molecule has 132 valence electrons. The van der Waals surface area contributed by atoms with Gasteiger partial charge < -0.3 is 10.2 Å². The number of hydrogen-bond acceptors (Lipinski definition) is 3. The Morgan fingerprint density at radius 3 is 1.69 bits per heavy atom. The van der Waals surface area contributed by atoms with E-state index in [9.17, 15) is 14.7 Å². The highest BCUT2D eigenvalue weighted by molar-refractivity contribution is 5.99. The minimum Gasteiger partial charge on any atom is -0.465 e. The predicted molar refractivity (Wildman–Crippen MR) is 100 cm³/mol. The normalized spacial score (nSPS) is 10.8. The third-order valence-electron chi connectivity index (χ3n) is 3.45. The van der Waals surface area contributed by atoms with Crippen molar-refractivity contribution >= 4 is 17.6 Å². The van der Waals surface area contributed by atoms with Gasteiger partial charge in [0.15, 0.2) is 5.78 Å². The smallest absolute Gasteiger partial charge is 0.409 e. The van der Waals surface area contributed by atoms with Gasteiger partial charge in [-0.1, -0.05) is 78.9 Å². The molecule has 1 unspecified atom stereocenters. The molecule has 3 N–H and O–H groups in total. The van der Waals surface area contributed by atoms with E-state index in [1.54, 1.807) is 72.8 Å². The molecule has 0 spiro atoms. The van der Waals surface area contributed by atoms with Crippen LogP contribution in [0.4, 0.5) is 10.5 Å². The molecule has 0 aliphatic rings. The maximum atomic E-state index is 11.9. The van der Waals surface area contributed by atoms with Crippen LogP contribution < -0.4 is 5.32 Å². The molecule has 0 radical (unpaired) electrons. The first-order chi connectivity index (χ1) is 12.6. The number of aliphatic hydroxyl groups is 1. The first kappa shape index (κ1) is 18.9. The quantitative estimate of drug-likeness (QED) is 0.610. The van der Waals surface area contributed by atoms with Crippen LogP contribution in [0.2, 0.25) is 0 Å². The van der Waals surface area contributed by atoms with Crippen molar-refractivity contribution in [1.29, 1.82) is 0 Å². The number of nitrogens with one attached hydrogen (secondary N) is 1. The van der Waals surface area contributed by atoms with Gasteiger partial charge in [-0.2, -0.15) is 0 Å². The zero-order chi connectivity index (χ0) is 18.8. The predicted octanol–water partition coefficient (Wildman–Crippen LogP) is 4.38. The van der Waals surface area contributed by atoms with Gasteiger partial charge in [-0.15, -0.1) is 0 Å². The Kier molecular flexibility index (Phi) is 7.09. The van der Waals surface area contributed by atoms with Crippen molar-refractivity contribution in [2.24, 2.45) is 0 Å². The van der Waals surface area contributed by atoms with Crippen molar-refractivity contribution in [2.75, 3.05) is 5.32 Å². The van der Waals surface area contributed by atoms with Crippen LogP contribution in [-0.2, 0) is 0 Å². The molecule has 1 amide bonds. The Balaban J connectivity index is 0.000000209. The topological polar surface area (TPSA) is 86.6 Å². The minimum atomic E-state index is -1.08. The van der Waals surface area contributed by atoms with Crippen LogP contribution >= 0.6 is 0 Å². The number of carbonyl (C=O) groups is 2. The van der Waals surface area contributed by atoms with Crippen LogP contribution in [0.25, 0.3) is 0 Å². The fraction of sp³-hybridized carbons (Fsp3) is 0.0476. The van der Waals surface area contributed by atoms with Gasteiger partial charge in [-0.05, 0) is 17.7 Å². The highest BCUT2D eigenvalue weighted by Gasteiger charge is 2.18. The van der Waals surface area contributed by atoms with Gasteiger partial charge in [-0.3, -0.25) is 10.1 Å². The molecule has 3 aromatic rings. The van der Waals surface area contributed by atoms with Gasteiger partial charge >= 0.3 is 6.09 Å². The minimum absolute atomic E-state index is 0.271. The molecule has 3 rings (SSSR count). The largest absolute Gasteiger partial charge is 0.465 e. The maximum absolute atomic E-state index is 11.9. The number of amides is 1. The second-order valence-electron chi connectivity index (χ2n) is 5.34. The standard InChI is InChI=1S/C14H12O2.C7H7NO2/c15-13(11-7-3-1-4-8-11)14(16)12-9-5-2-6-10-12;9-7(10)8-6-4-2-1-3-5-6/h1-10,13,15H;1-5,8H,(H,9,10). The van der Waals surface area contributed by atoms with Crippen molar-refractivity contribution in [3.05, 3.63) is 102 Å². The summed E-state index contributed by atoms with van der Waals surface area (Å²) in [6.45, 7) is 0. The molecule has 5 nitrogen and oxygen atoms in total. The number of benzene rings is 3. The van der Waals surface area contributed by atoms with Crippen LogP contribution in [0.5, 0.6) is 0 Å². The lowest BCUT2D eigenvalue weighted by molar-refractivity contribution is 0.0747. The number of hydrogen-bond donors (Lipinski definition) is 3. The van der Waals surface area contributed by atoms with E-state index in [4.69, 9.17) is 5.11 Å². The van der Waals surface area contributed by atoms with Gasteiger partial charge in [-0.25, -0.2) is 4.79 Å². The Morgan fingerprint density at radius 2 is 1.19 bits per heavy atom. The lowest BCUT2D eigenvalue weighted by Gasteiger charge is -2.09. The van der Waals surface area contributed by atoms with Crippen molar-refractivity contribution in [3.8, 4) is 0 Å². The lowest BCUT2D eigenvalue weighted by atomic mass is 10.0.